The molecule has 0 unspecified atom stereocenters. The number of nitrogens with one attached hydrogen (secondary N) is 1. The monoisotopic (exact) mass is 270 g/mol. The fraction of sp³-hybridized carbons (Fsp3) is 0.154. The lowest BCUT2D eigenvalue weighted by molar-refractivity contribution is 0.490. The molecule has 1 N–H and O–H groups in total. The van der Waals surface area contributed by atoms with E-state index in [0.29, 0.717) is 10.8 Å². The van der Waals surface area contributed by atoms with Crippen molar-refractivity contribution in [2.24, 2.45) is 0 Å². The minimum atomic E-state index is 0.0138. The molecule has 0 spiro atoms. The molecule has 1 heterocycles. The first-order valence-electron chi connectivity index (χ1n) is 5.57. The highest BCUT2D eigenvalue weighted by atomic mass is 32.2. The highest BCUT2D eigenvalue weighted by Crippen LogP contribution is 2.25. The van der Waals surface area contributed by atoms with Gasteiger partial charge in [0.2, 0.25) is 0 Å². The van der Waals surface area contributed by atoms with Crippen molar-refractivity contribution in [3.8, 4) is 12.1 Å². The topological polar surface area (TPSA) is 85.6 Å². The predicted octanol–water partition coefficient (Wildman–Crippen LogP) is 3.28. The van der Waals surface area contributed by atoms with Gasteiger partial charge in [-0.3, -0.25) is 0 Å². The van der Waals surface area contributed by atoms with Gasteiger partial charge in [-0.1, -0.05) is 18.7 Å². The standard InChI is InChI=1S/C13H10N4OS/c1-2-19-13-17-11-4-3-10(5-12(11)18-13)16-8-9(6-14)7-15/h3-5,8,16H,2H2,1H3. The quantitative estimate of drug-likeness (QED) is 0.677. The molecule has 0 atom stereocenters. The fourth-order valence-electron chi connectivity index (χ4n) is 1.42. The number of rotatable bonds is 4. The number of allylic oxidation sites excluding steroid dienone is 1. The van der Waals surface area contributed by atoms with Gasteiger partial charge in [-0.05, 0) is 17.9 Å². The third-order valence-electron chi connectivity index (χ3n) is 2.26. The van der Waals surface area contributed by atoms with Crippen molar-refractivity contribution in [3.63, 3.8) is 0 Å². The third kappa shape index (κ3) is 3.06. The first-order valence-corrected chi connectivity index (χ1v) is 6.55. The molecule has 2 rings (SSSR count). The van der Waals surface area contributed by atoms with E-state index in [1.807, 2.05) is 19.1 Å². The average Bonchev–Trinajstić information content (AvgIpc) is 2.82. The van der Waals surface area contributed by atoms with Gasteiger partial charge in [0.05, 0.1) is 0 Å². The summed E-state index contributed by atoms with van der Waals surface area (Å²) < 4.78 is 5.57. The molecule has 0 aliphatic carbocycles. The molecular weight excluding hydrogens is 260 g/mol. The van der Waals surface area contributed by atoms with Crippen LogP contribution >= 0.6 is 11.8 Å². The number of nitrogens with zero attached hydrogens (tertiary/aromatic N) is 3. The molecule has 0 saturated heterocycles. The summed E-state index contributed by atoms with van der Waals surface area (Å²) in [5.74, 6) is 0.897. The van der Waals surface area contributed by atoms with Crippen LogP contribution in [0.1, 0.15) is 6.92 Å². The number of oxazole rings is 1. The first kappa shape index (κ1) is 13.0. The van der Waals surface area contributed by atoms with Gasteiger partial charge in [-0.2, -0.15) is 10.5 Å². The summed E-state index contributed by atoms with van der Waals surface area (Å²) in [6.07, 6.45) is 1.36. The average molecular weight is 270 g/mol. The normalized spacial score (nSPS) is 9.63. The molecule has 2 aromatic rings. The zero-order valence-electron chi connectivity index (χ0n) is 10.2. The number of hydrogen-bond acceptors (Lipinski definition) is 6. The number of nitriles is 2. The molecule has 19 heavy (non-hydrogen) atoms. The highest BCUT2D eigenvalue weighted by molar-refractivity contribution is 7.99. The third-order valence-corrected chi connectivity index (χ3v) is 2.97. The summed E-state index contributed by atoms with van der Waals surface area (Å²) in [6.45, 7) is 2.03. The van der Waals surface area contributed by atoms with Gasteiger partial charge in [0.25, 0.3) is 5.22 Å². The molecule has 0 aliphatic rings. The summed E-state index contributed by atoms with van der Waals surface area (Å²) >= 11 is 1.54. The van der Waals surface area contributed by atoms with Crippen molar-refractivity contribution < 1.29 is 4.42 Å². The highest BCUT2D eigenvalue weighted by Gasteiger charge is 2.05. The smallest absolute Gasteiger partial charge is 0.256 e. The second-order valence-corrected chi connectivity index (χ2v) is 4.74. The Bertz CT molecular complexity index is 689. The molecule has 1 aromatic carbocycles. The van der Waals surface area contributed by atoms with Crippen molar-refractivity contribution in [1.82, 2.24) is 4.98 Å². The lowest BCUT2D eigenvalue weighted by Gasteiger charge is -1.98. The Kier molecular flexibility index (Phi) is 4.07. The summed E-state index contributed by atoms with van der Waals surface area (Å²) in [4.78, 5) is 4.32. The van der Waals surface area contributed by atoms with Crippen LogP contribution in [0.3, 0.4) is 0 Å². The Labute approximate surface area is 114 Å². The maximum Gasteiger partial charge on any atom is 0.256 e. The molecule has 6 heteroatoms. The van der Waals surface area contributed by atoms with Gasteiger partial charge in [-0.25, -0.2) is 4.98 Å². The van der Waals surface area contributed by atoms with E-state index in [2.05, 4.69) is 10.3 Å². The predicted molar refractivity (Wildman–Crippen MR) is 73.3 cm³/mol. The van der Waals surface area contributed by atoms with E-state index < -0.39 is 0 Å². The van der Waals surface area contributed by atoms with Crippen LogP contribution in [0.15, 0.2) is 39.6 Å². The maximum atomic E-state index is 8.63. The summed E-state index contributed by atoms with van der Waals surface area (Å²) in [6, 6.07) is 8.98. The van der Waals surface area contributed by atoms with E-state index in [0.717, 1.165) is 17.0 Å². The summed E-state index contributed by atoms with van der Waals surface area (Å²) in [7, 11) is 0. The number of hydrogen-bond donors (Lipinski definition) is 1. The Morgan fingerprint density at radius 1 is 1.47 bits per heavy atom. The minimum absolute atomic E-state index is 0.0138. The lowest BCUT2D eigenvalue weighted by Crippen LogP contribution is -1.89. The zero-order chi connectivity index (χ0) is 13.7. The second kappa shape index (κ2) is 5.94. The van der Waals surface area contributed by atoms with Crippen LogP contribution in [0.4, 0.5) is 5.69 Å². The van der Waals surface area contributed by atoms with Crippen LogP contribution in [0.5, 0.6) is 0 Å². The second-order valence-electron chi connectivity index (χ2n) is 3.52. The maximum absolute atomic E-state index is 8.63. The Balaban J connectivity index is 2.25. The largest absolute Gasteiger partial charge is 0.431 e. The van der Waals surface area contributed by atoms with Gasteiger partial charge < -0.3 is 9.73 Å². The van der Waals surface area contributed by atoms with Crippen LogP contribution in [0, 0.1) is 22.7 Å². The summed E-state index contributed by atoms with van der Waals surface area (Å²) in [5, 5.41) is 20.8. The Morgan fingerprint density at radius 2 is 2.26 bits per heavy atom. The Hall–Kier alpha value is -2.44. The molecule has 94 valence electrons. The van der Waals surface area contributed by atoms with E-state index in [4.69, 9.17) is 14.9 Å². The van der Waals surface area contributed by atoms with E-state index in [-0.39, 0.29) is 5.57 Å². The molecule has 0 saturated carbocycles. The van der Waals surface area contributed by atoms with Crippen LogP contribution in [0.25, 0.3) is 11.1 Å². The summed E-state index contributed by atoms with van der Waals surface area (Å²) in [5.41, 5.74) is 2.20. The molecule has 1 aromatic heterocycles. The van der Waals surface area contributed by atoms with Gasteiger partial charge in [-0.15, -0.1) is 0 Å². The van der Waals surface area contributed by atoms with Crippen molar-refractivity contribution in [1.29, 1.82) is 10.5 Å². The lowest BCUT2D eigenvalue weighted by atomic mass is 10.3. The van der Waals surface area contributed by atoms with E-state index in [9.17, 15) is 0 Å². The number of anilines is 1. The van der Waals surface area contributed by atoms with Gasteiger partial charge in [0.1, 0.15) is 23.2 Å². The van der Waals surface area contributed by atoms with Gasteiger partial charge >= 0.3 is 0 Å². The van der Waals surface area contributed by atoms with Gasteiger partial charge in [0.15, 0.2) is 5.58 Å². The van der Waals surface area contributed by atoms with Crippen molar-refractivity contribution in [2.45, 2.75) is 12.1 Å². The minimum Gasteiger partial charge on any atom is -0.431 e. The van der Waals surface area contributed by atoms with Crippen molar-refractivity contribution in [2.75, 3.05) is 11.1 Å². The molecule has 5 nitrogen and oxygen atoms in total. The number of thioether (sulfide) groups is 1. The number of benzene rings is 1. The molecule has 0 fully saturated rings. The van der Waals surface area contributed by atoms with E-state index in [1.54, 1.807) is 18.2 Å². The number of aromatic nitrogens is 1. The molecule has 0 radical (unpaired) electrons. The van der Waals surface area contributed by atoms with Crippen LogP contribution in [0.2, 0.25) is 0 Å². The van der Waals surface area contributed by atoms with E-state index >= 15 is 0 Å². The molecule has 0 aliphatic heterocycles. The molecule has 0 bridgehead atoms. The van der Waals surface area contributed by atoms with Crippen LogP contribution in [-0.4, -0.2) is 10.7 Å². The van der Waals surface area contributed by atoms with E-state index in [1.165, 1.54) is 18.0 Å². The SMILES string of the molecule is CCSc1nc2ccc(NC=C(C#N)C#N)cc2o1. The van der Waals surface area contributed by atoms with Crippen LogP contribution < -0.4 is 5.32 Å². The molecular formula is C13H10N4OS. The van der Waals surface area contributed by atoms with Crippen LogP contribution in [-0.2, 0) is 0 Å². The van der Waals surface area contributed by atoms with Crippen molar-refractivity contribution in [3.05, 3.63) is 30.0 Å². The Morgan fingerprint density at radius 3 is 2.95 bits per heavy atom. The van der Waals surface area contributed by atoms with Gasteiger partial charge in [0, 0.05) is 18.0 Å². The zero-order valence-corrected chi connectivity index (χ0v) is 11.0. The molecule has 0 amide bonds. The fourth-order valence-corrected chi connectivity index (χ4v) is 1.98. The van der Waals surface area contributed by atoms with Crippen molar-refractivity contribution >= 4 is 28.5 Å². The first-order chi connectivity index (χ1) is 9.26. The number of fused-ring (bicyclic) bond motifs is 1.